The van der Waals surface area contributed by atoms with Crippen LogP contribution in [-0.4, -0.2) is 4.57 Å². The maximum Gasteiger partial charge on any atom is 0.0755 e. The average molecular weight is 877 g/mol. The number of aromatic nitrogens is 1. The molecule has 0 amide bonds. The Morgan fingerprint density at radius 3 is 1.36 bits per heavy atom. The summed E-state index contributed by atoms with van der Waals surface area (Å²) in [5.74, 6) is 0. The van der Waals surface area contributed by atoms with Crippen LogP contribution in [0.25, 0.3) is 83.1 Å². The molecule has 2 heterocycles. The first-order valence-corrected chi connectivity index (χ1v) is 23.9. The molecule has 12 aromatic rings. The third kappa shape index (κ3) is 5.79. The van der Waals surface area contributed by atoms with Gasteiger partial charge in [0.1, 0.15) is 0 Å². The van der Waals surface area contributed by atoms with E-state index in [9.17, 15) is 0 Å². The molecule has 0 fully saturated rings. The van der Waals surface area contributed by atoms with Crippen molar-refractivity contribution in [1.29, 1.82) is 0 Å². The molecule has 2 nitrogen and oxygen atoms in total. The lowest BCUT2D eigenvalue weighted by atomic mass is 9.65. The molecule has 0 N–H and O–H groups in total. The van der Waals surface area contributed by atoms with Crippen LogP contribution in [-0.2, 0) is 5.41 Å². The third-order valence-corrected chi connectivity index (χ3v) is 14.8. The zero-order valence-electron chi connectivity index (χ0n) is 37.8. The molecular formula is C67H44N2. The summed E-state index contributed by atoms with van der Waals surface area (Å²) in [6.07, 6.45) is 0. The van der Waals surface area contributed by atoms with Crippen LogP contribution in [0, 0.1) is 0 Å². The Hall–Kier alpha value is -8.98. The molecule has 11 aromatic carbocycles. The van der Waals surface area contributed by atoms with E-state index in [1.807, 2.05) is 0 Å². The van der Waals surface area contributed by atoms with Gasteiger partial charge in [0.05, 0.1) is 39.2 Å². The Balaban J connectivity index is 1.05. The molecule has 0 saturated heterocycles. The molecule has 1 aliphatic heterocycles. The summed E-state index contributed by atoms with van der Waals surface area (Å²) < 4.78 is 2.52. The highest BCUT2D eigenvalue weighted by Gasteiger charge is 2.51. The molecular weight excluding hydrogens is 833 g/mol. The van der Waals surface area contributed by atoms with E-state index < -0.39 is 5.41 Å². The van der Waals surface area contributed by atoms with Gasteiger partial charge in [0.25, 0.3) is 0 Å². The molecule has 0 radical (unpaired) electrons. The fourth-order valence-electron chi connectivity index (χ4n) is 11.9. The van der Waals surface area contributed by atoms with E-state index in [1.54, 1.807) is 0 Å². The molecule has 0 saturated carbocycles. The lowest BCUT2D eigenvalue weighted by molar-refractivity contribution is 0.748. The van der Waals surface area contributed by atoms with Gasteiger partial charge in [0.2, 0.25) is 0 Å². The minimum Gasteiger partial charge on any atom is -0.309 e. The topological polar surface area (TPSA) is 8.17 Å². The van der Waals surface area contributed by atoms with Crippen molar-refractivity contribution in [2.45, 2.75) is 5.41 Å². The molecule has 0 bridgehead atoms. The Labute approximate surface area is 402 Å². The van der Waals surface area contributed by atoms with Gasteiger partial charge in [-0.05, 0) is 91.5 Å². The highest BCUT2D eigenvalue weighted by atomic mass is 15.2. The number of rotatable bonds is 7. The predicted octanol–water partition coefficient (Wildman–Crippen LogP) is 17.6. The van der Waals surface area contributed by atoms with Crippen molar-refractivity contribution < 1.29 is 0 Å². The summed E-state index contributed by atoms with van der Waals surface area (Å²) in [5, 5.41) is 2.55. The molecule has 69 heavy (non-hydrogen) atoms. The number of benzene rings is 11. The Kier molecular flexibility index (Phi) is 8.84. The van der Waals surface area contributed by atoms with Crippen LogP contribution < -0.4 is 4.90 Å². The van der Waals surface area contributed by atoms with Crippen molar-refractivity contribution in [2.24, 2.45) is 0 Å². The molecule has 1 unspecified atom stereocenters. The number of nitrogens with zero attached hydrogens (tertiary/aromatic N) is 2. The lowest BCUT2D eigenvalue weighted by Gasteiger charge is -2.39. The van der Waals surface area contributed by atoms with E-state index in [2.05, 4.69) is 276 Å². The molecule has 1 atom stereocenters. The molecule has 322 valence electrons. The number of anilines is 3. The largest absolute Gasteiger partial charge is 0.309 e. The third-order valence-electron chi connectivity index (χ3n) is 14.8. The number of hydrogen-bond donors (Lipinski definition) is 0. The van der Waals surface area contributed by atoms with E-state index in [0.29, 0.717) is 0 Å². The van der Waals surface area contributed by atoms with Gasteiger partial charge in [0.15, 0.2) is 0 Å². The van der Waals surface area contributed by atoms with Crippen molar-refractivity contribution in [3.63, 3.8) is 0 Å². The minimum atomic E-state index is -0.590. The molecule has 2 heteroatoms. The SMILES string of the molecule is c1ccc(-c2ccc(-c3ccccc3N(c3ccccc3-c3ccc(-c4ccccc4)cc3)c3cccc4c3-c3ccccc3C43c4ccccc4-n4c5ccccc5c5cccc3c54)cc2)cc1. The normalized spacial score (nSPS) is 14.1. The molecule has 1 spiro atoms. The van der Waals surface area contributed by atoms with Crippen molar-refractivity contribution in [3.05, 3.63) is 289 Å². The van der Waals surface area contributed by atoms with E-state index in [-0.39, 0.29) is 0 Å². The maximum atomic E-state index is 2.56. The molecule has 1 aliphatic carbocycles. The smallest absolute Gasteiger partial charge is 0.0755 e. The standard InChI is InChI=1S/C67H44N2/c1-3-19-45(20-4-1)47-37-41-49(42-38-47)51-23-8-13-32-60(51)68(61-33-14-9-24-52(61)50-43-39-48(40-44-50)46-21-5-2-6-22-46)64-36-18-30-58-65(64)55-26-7-11-28-56(55)67(58)57-29-12-16-35-63(57)69-62-34-15-10-25-53(62)54-27-17-31-59(67)66(54)69/h1-44H. The van der Waals surface area contributed by atoms with Gasteiger partial charge in [-0.2, -0.15) is 0 Å². The fourth-order valence-corrected chi connectivity index (χ4v) is 11.9. The highest BCUT2D eigenvalue weighted by molar-refractivity contribution is 6.13. The first-order chi connectivity index (χ1) is 34.3. The van der Waals surface area contributed by atoms with Gasteiger partial charge < -0.3 is 9.47 Å². The number of para-hydroxylation sites is 5. The average Bonchev–Trinajstić information content (AvgIpc) is 3.93. The van der Waals surface area contributed by atoms with Gasteiger partial charge in [-0.1, -0.05) is 237 Å². The van der Waals surface area contributed by atoms with Crippen LogP contribution in [0.15, 0.2) is 267 Å². The van der Waals surface area contributed by atoms with Crippen LogP contribution >= 0.6 is 0 Å². The van der Waals surface area contributed by atoms with Crippen molar-refractivity contribution in [2.75, 3.05) is 4.90 Å². The second-order valence-corrected chi connectivity index (χ2v) is 18.3. The first kappa shape index (κ1) is 39.2. The Bertz CT molecular complexity index is 3810. The van der Waals surface area contributed by atoms with Crippen molar-refractivity contribution in [3.8, 4) is 61.3 Å². The monoisotopic (exact) mass is 876 g/mol. The van der Waals surface area contributed by atoms with Gasteiger partial charge in [-0.25, -0.2) is 0 Å². The molecule has 1 aromatic heterocycles. The zero-order chi connectivity index (χ0) is 45.5. The summed E-state index contributed by atoms with van der Waals surface area (Å²) in [4.78, 5) is 2.56. The Morgan fingerprint density at radius 2 is 0.710 bits per heavy atom. The lowest BCUT2D eigenvalue weighted by Crippen LogP contribution is -2.33. The summed E-state index contributed by atoms with van der Waals surface area (Å²) in [6, 6.07) is 98.7. The van der Waals surface area contributed by atoms with Crippen molar-refractivity contribution >= 4 is 38.9 Å². The van der Waals surface area contributed by atoms with E-state index in [4.69, 9.17) is 0 Å². The van der Waals surface area contributed by atoms with Crippen LogP contribution in [0.5, 0.6) is 0 Å². The van der Waals surface area contributed by atoms with E-state index in [0.717, 1.165) is 39.3 Å². The second kappa shape index (κ2) is 15.6. The van der Waals surface area contributed by atoms with Gasteiger partial charge in [-0.15, -0.1) is 0 Å². The summed E-state index contributed by atoms with van der Waals surface area (Å²) in [5.41, 5.74) is 23.6. The van der Waals surface area contributed by atoms with Crippen LogP contribution in [0.2, 0.25) is 0 Å². The van der Waals surface area contributed by atoms with Gasteiger partial charge >= 0.3 is 0 Å². The van der Waals surface area contributed by atoms with Crippen LogP contribution in [0.3, 0.4) is 0 Å². The molecule has 2 aliphatic rings. The van der Waals surface area contributed by atoms with Gasteiger partial charge in [0, 0.05) is 27.5 Å². The Morgan fingerprint density at radius 1 is 0.275 bits per heavy atom. The predicted molar refractivity (Wildman–Crippen MR) is 288 cm³/mol. The summed E-state index contributed by atoms with van der Waals surface area (Å²) in [7, 11) is 0. The quantitative estimate of drug-likeness (QED) is 0.155. The minimum absolute atomic E-state index is 0.590. The number of fused-ring (bicyclic) bond motifs is 12. The summed E-state index contributed by atoms with van der Waals surface area (Å²) in [6.45, 7) is 0. The second-order valence-electron chi connectivity index (χ2n) is 18.3. The maximum absolute atomic E-state index is 2.56. The summed E-state index contributed by atoms with van der Waals surface area (Å²) >= 11 is 0. The van der Waals surface area contributed by atoms with E-state index >= 15 is 0 Å². The number of hydrogen-bond acceptors (Lipinski definition) is 1. The van der Waals surface area contributed by atoms with Gasteiger partial charge in [-0.3, -0.25) is 0 Å². The highest BCUT2D eigenvalue weighted by Crippen LogP contribution is 2.63. The first-order valence-electron chi connectivity index (χ1n) is 23.9. The fraction of sp³-hybridized carbons (Fsp3) is 0.0149. The van der Waals surface area contributed by atoms with Crippen LogP contribution in [0.1, 0.15) is 22.3 Å². The molecule has 14 rings (SSSR count). The van der Waals surface area contributed by atoms with E-state index in [1.165, 1.54) is 83.1 Å². The van der Waals surface area contributed by atoms with Crippen LogP contribution in [0.4, 0.5) is 17.1 Å². The van der Waals surface area contributed by atoms with Crippen molar-refractivity contribution in [1.82, 2.24) is 4.57 Å². The zero-order valence-corrected chi connectivity index (χ0v) is 37.8.